The molecule has 6 heteroatoms. The second kappa shape index (κ2) is 3.81. The van der Waals surface area contributed by atoms with Gasteiger partial charge in [0.15, 0.2) is 0 Å². The van der Waals surface area contributed by atoms with Gasteiger partial charge in [0.05, 0.1) is 12.8 Å². The largest absolute Gasteiger partial charge is 0.411 e. The van der Waals surface area contributed by atoms with Crippen LogP contribution in [0.4, 0.5) is 0 Å². The Bertz CT molecular complexity index is 173. The zero-order chi connectivity index (χ0) is 9.14. The molecule has 1 saturated heterocycles. The van der Waals surface area contributed by atoms with Crippen LogP contribution in [-0.4, -0.2) is 57.8 Å². The van der Waals surface area contributed by atoms with E-state index in [0.717, 1.165) is 6.21 Å². The molecule has 0 aromatic heterocycles. The summed E-state index contributed by atoms with van der Waals surface area (Å²) in [4.78, 5) is 0. The van der Waals surface area contributed by atoms with Crippen molar-refractivity contribution in [2.75, 3.05) is 6.61 Å². The Morgan fingerprint density at radius 3 is 2.42 bits per heavy atom. The van der Waals surface area contributed by atoms with Crippen molar-refractivity contribution in [3.8, 4) is 0 Å². The Morgan fingerprint density at radius 1 is 1.33 bits per heavy atom. The number of aliphatic hydroxyl groups excluding tert-OH is 3. The monoisotopic (exact) mass is 177 g/mol. The van der Waals surface area contributed by atoms with Crippen molar-refractivity contribution in [3.05, 3.63) is 0 Å². The zero-order valence-electron chi connectivity index (χ0n) is 6.24. The number of rotatable bonds is 2. The van der Waals surface area contributed by atoms with Crippen molar-refractivity contribution in [1.29, 1.82) is 0 Å². The molecule has 1 aliphatic rings. The van der Waals surface area contributed by atoms with Crippen molar-refractivity contribution in [2.24, 2.45) is 5.16 Å². The lowest BCUT2D eigenvalue weighted by Gasteiger charge is -2.10. The molecule has 4 atom stereocenters. The van der Waals surface area contributed by atoms with Crippen molar-refractivity contribution in [3.63, 3.8) is 0 Å². The Morgan fingerprint density at radius 2 is 2.00 bits per heavy atom. The van der Waals surface area contributed by atoms with Crippen LogP contribution in [0, 0.1) is 0 Å². The molecule has 0 radical (unpaired) electrons. The van der Waals surface area contributed by atoms with Gasteiger partial charge in [0.25, 0.3) is 0 Å². The van der Waals surface area contributed by atoms with E-state index in [4.69, 9.17) is 15.1 Å². The van der Waals surface area contributed by atoms with Crippen LogP contribution in [0.5, 0.6) is 0 Å². The Labute approximate surface area is 68.7 Å². The fourth-order valence-electron chi connectivity index (χ4n) is 1.12. The molecule has 0 aliphatic carbocycles. The number of aliphatic hydroxyl groups is 3. The highest BCUT2D eigenvalue weighted by atomic mass is 16.6. The smallest absolute Gasteiger partial charge is 0.125 e. The molecule has 0 spiro atoms. The maximum absolute atomic E-state index is 9.20. The molecule has 4 N–H and O–H groups in total. The highest BCUT2D eigenvalue weighted by Crippen LogP contribution is 2.19. The third-order valence-corrected chi connectivity index (χ3v) is 1.79. The van der Waals surface area contributed by atoms with E-state index in [1.807, 2.05) is 0 Å². The van der Waals surface area contributed by atoms with Gasteiger partial charge in [-0.15, -0.1) is 0 Å². The first-order chi connectivity index (χ1) is 5.70. The van der Waals surface area contributed by atoms with E-state index in [1.54, 1.807) is 0 Å². The predicted molar refractivity (Wildman–Crippen MR) is 38.0 cm³/mol. The van der Waals surface area contributed by atoms with Crippen LogP contribution in [0.1, 0.15) is 0 Å². The number of oxime groups is 1. The quantitative estimate of drug-likeness (QED) is 0.220. The first kappa shape index (κ1) is 9.40. The van der Waals surface area contributed by atoms with Gasteiger partial charge in [-0.2, -0.15) is 0 Å². The van der Waals surface area contributed by atoms with Gasteiger partial charge in [-0.05, 0) is 0 Å². The maximum Gasteiger partial charge on any atom is 0.125 e. The molecule has 1 aliphatic heterocycles. The molecule has 70 valence electrons. The molecule has 6 nitrogen and oxygen atoms in total. The number of hydrogen-bond donors (Lipinski definition) is 4. The topological polar surface area (TPSA) is 103 Å². The van der Waals surface area contributed by atoms with Crippen molar-refractivity contribution in [2.45, 2.75) is 24.4 Å². The van der Waals surface area contributed by atoms with Crippen molar-refractivity contribution in [1.82, 2.24) is 0 Å². The van der Waals surface area contributed by atoms with Crippen LogP contribution in [0.15, 0.2) is 5.16 Å². The van der Waals surface area contributed by atoms with E-state index < -0.39 is 24.4 Å². The highest BCUT2D eigenvalue weighted by molar-refractivity contribution is 5.64. The Balaban J connectivity index is 2.60. The van der Waals surface area contributed by atoms with E-state index in [0.29, 0.717) is 0 Å². The molecule has 12 heavy (non-hydrogen) atoms. The molecular formula is C6H11NO5. The number of hydrogen-bond acceptors (Lipinski definition) is 6. The van der Waals surface area contributed by atoms with Gasteiger partial charge in [-0.1, -0.05) is 5.16 Å². The molecule has 1 fully saturated rings. The summed E-state index contributed by atoms with van der Waals surface area (Å²) in [7, 11) is 0. The molecule has 0 bridgehead atoms. The molecule has 1 heterocycles. The second-order valence-electron chi connectivity index (χ2n) is 2.57. The lowest BCUT2D eigenvalue weighted by molar-refractivity contribution is -0.00975. The lowest BCUT2D eigenvalue weighted by atomic mass is 10.1. The van der Waals surface area contributed by atoms with Gasteiger partial charge in [-0.25, -0.2) is 0 Å². The van der Waals surface area contributed by atoms with Crippen LogP contribution in [0.2, 0.25) is 0 Å². The van der Waals surface area contributed by atoms with Gasteiger partial charge >= 0.3 is 0 Å². The molecular weight excluding hydrogens is 166 g/mol. The van der Waals surface area contributed by atoms with Crippen LogP contribution < -0.4 is 0 Å². The minimum absolute atomic E-state index is 0.381. The average Bonchev–Trinajstić information content (AvgIpc) is 2.33. The van der Waals surface area contributed by atoms with Crippen LogP contribution >= 0.6 is 0 Å². The first-order valence-electron chi connectivity index (χ1n) is 3.50. The van der Waals surface area contributed by atoms with Gasteiger partial charge in [0.2, 0.25) is 0 Å². The lowest BCUT2D eigenvalue weighted by Crippen LogP contribution is -2.34. The summed E-state index contributed by atoms with van der Waals surface area (Å²) in [6, 6.07) is 0. The van der Waals surface area contributed by atoms with Crippen LogP contribution in [0.25, 0.3) is 0 Å². The summed E-state index contributed by atoms with van der Waals surface area (Å²) in [5.41, 5.74) is 0. The summed E-state index contributed by atoms with van der Waals surface area (Å²) in [6.07, 6.45) is -3.01. The Kier molecular flexibility index (Phi) is 2.99. The third kappa shape index (κ3) is 1.56. The SMILES string of the molecule is OC[C@H]1OC(/C=N/O)[C@@H](O)[C@@H]1O. The highest BCUT2D eigenvalue weighted by Gasteiger charge is 2.41. The van der Waals surface area contributed by atoms with E-state index >= 15 is 0 Å². The molecule has 1 rings (SSSR count). The van der Waals surface area contributed by atoms with E-state index in [-0.39, 0.29) is 6.61 Å². The number of nitrogens with zero attached hydrogens (tertiary/aromatic N) is 1. The summed E-state index contributed by atoms with van der Waals surface area (Å²) >= 11 is 0. The second-order valence-corrected chi connectivity index (χ2v) is 2.57. The normalized spacial score (nSPS) is 42.6. The van der Waals surface area contributed by atoms with E-state index in [1.165, 1.54) is 0 Å². The van der Waals surface area contributed by atoms with Crippen LogP contribution in [0.3, 0.4) is 0 Å². The summed E-state index contributed by atoms with van der Waals surface area (Å²) < 4.78 is 4.92. The van der Waals surface area contributed by atoms with E-state index in [9.17, 15) is 10.2 Å². The summed E-state index contributed by atoms with van der Waals surface area (Å²) in [6.45, 7) is -0.381. The fourth-order valence-corrected chi connectivity index (χ4v) is 1.12. The summed E-state index contributed by atoms with van der Waals surface area (Å²) in [5, 5.41) is 37.8. The molecule has 0 amide bonds. The van der Waals surface area contributed by atoms with Gasteiger partial charge in [0.1, 0.15) is 24.4 Å². The molecule has 0 aromatic rings. The molecule has 0 saturated carbocycles. The third-order valence-electron chi connectivity index (χ3n) is 1.79. The standard InChI is InChI=1S/C6H11NO5/c8-2-4-6(10)5(9)3(12-4)1-7-11/h1,3-6,8-11H,2H2/b7-1+/t3?,4-,5-,6-/m1/s1. The predicted octanol–water partition coefficient (Wildman–Crippen LogP) is -2.07. The minimum Gasteiger partial charge on any atom is -0.411 e. The first-order valence-corrected chi connectivity index (χ1v) is 3.50. The van der Waals surface area contributed by atoms with Gasteiger partial charge in [0, 0.05) is 0 Å². The van der Waals surface area contributed by atoms with Crippen molar-refractivity contribution < 1.29 is 25.3 Å². The zero-order valence-corrected chi connectivity index (χ0v) is 6.24. The maximum atomic E-state index is 9.20. The fraction of sp³-hybridized carbons (Fsp3) is 0.833. The summed E-state index contributed by atoms with van der Waals surface area (Å²) in [5.74, 6) is 0. The Hall–Kier alpha value is -0.690. The minimum atomic E-state index is -1.15. The molecule has 1 unspecified atom stereocenters. The molecule has 0 aromatic carbocycles. The van der Waals surface area contributed by atoms with E-state index in [2.05, 4.69) is 5.16 Å². The van der Waals surface area contributed by atoms with Crippen molar-refractivity contribution >= 4 is 6.21 Å². The van der Waals surface area contributed by atoms with Gasteiger partial charge in [-0.3, -0.25) is 0 Å². The average molecular weight is 177 g/mol. The van der Waals surface area contributed by atoms with Gasteiger partial charge < -0.3 is 25.3 Å². The van der Waals surface area contributed by atoms with Crippen LogP contribution in [-0.2, 0) is 4.74 Å². The number of ether oxygens (including phenoxy) is 1.